The SMILES string of the molecule is COc1ccc(C)cc1S(=O)(=O)NCC1CCN(c2ccc(C)cc2)C1. The van der Waals surface area contributed by atoms with Crippen molar-refractivity contribution in [1.29, 1.82) is 0 Å². The van der Waals surface area contributed by atoms with E-state index in [1.165, 1.54) is 18.4 Å². The lowest BCUT2D eigenvalue weighted by atomic mass is 10.1. The molecule has 1 N–H and O–H groups in total. The zero-order valence-electron chi connectivity index (χ0n) is 15.5. The molecule has 3 rings (SSSR count). The van der Waals surface area contributed by atoms with Crippen LogP contribution in [0.4, 0.5) is 5.69 Å². The Hall–Kier alpha value is -2.05. The zero-order valence-corrected chi connectivity index (χ0v) is 16.3. The molecule has 2 aromatic rings. The maximum atomic E-state index is 12.7. The van der Waals surface area contributed by atoms with Gasteiger partial charge in [-0.05, 0) is 56.0 Å². The lowest BCUT2D eigenvalue weighted by Gasteiger charge is -2.19. The Morgan fingerprint density at radius 1 is 1.12 bits per heavy atom. The van der Waals surface area contributed by atoms with Crippen LogP contribution in [0.15, 0.2) is 47.4 Å². The first kappa shape index (κ1) is 18.7. The van der Waals surface area contributed by atoms with E-state index < -0.39 is 10.0 Å². The standard InChI is InChI=1S/C20H26N2O3S/c1-15-4-7-18(8-5-15)22-11-10-17(14-22)13-21-26(23,24)20-12-16(2)6-9-19(20)25-3/h4-9,12,17,21H,10-11,13-14H2,1-3H3. The van der Waals surface area contributed by atoms with Crippen LogP contribution in [0.3, 0.4) is 0 Å². The summed E-state index contributed by atoms with van der Waals surface area (Å²) in [6.07, 6.45) is 0.974. The van der Waals surface area contributed by atoms with Crippen LogP contribution in [-0.4, -0.2) is 35.2 Å². The fourth-order valence-corrected chi connectivity index (χ4v) is 4.66. The van der Waals surface area contributed by atoms with Gasteiger partial charge in [-0.3, -0.25) is 0 Å². The molecule has 1 saturated heterocycles. The van der Waals surface area contributed by atoms with Crippen molar-refractivity contribution in [1.82, 2.24) is 4.72 Å². The highest BCUT2D eigenvalue weighted by atomic mass is 32.2. The van der Waals surface area contributed by atoms with Gasteiger partial charge in [-0.2, -0.15) is 0 Å². The largest absolute Gasteiger partial charge is 0.495 e. The number of nitrogens with one attached hydrogen (secondary N) is 1. The van der Waals surface area contributed by atoms with Crippen molar-refractivity contribution in [3.63, 3.8) is 0 Å². The Morgan fingerprint density at radius 3 is 2.50 bits per heavy atom. The number of hydrogen-bond donors (Lipinski definition) is 1. The van der Waals surface area contributed by atoms with Crippen LogP contribution in [0.1, 0.15) is 17.5 Å². The number of methoxy groups -OCH3 is 1. The molecular formula is C20H26N2O3S. The molecule has 0 aliphatic carbocycles. The first-order chi connectivity index (χ1) is 12.4. The Bertz CT molecular complexity index is 863. The third-order valence-corrected chi connectivity index (χ3v) is 6.30. The number of anilines is 1. The van der Waals surface area contributed by atoms with E-state index >= 15 is 0 Å². The van der Waals surface area contributed by atoms with Crippen LogP contribution >= 0.6 is 0 Å². The summed E-state index contributed by atoms with van der Waals surface area (Å²) in [5.41, 5.74) is 3.32. The monoisotopic (exact) mass is 374 g/mol. The first-order valence-corrected chi connectivity index (χ1v) is 10.3. The fraction of sp³-hybridized carbons (Fsp3) is 0.400. The van der Waals surface area contributed by atoms with Gasteiger partial charge in [0, 0.05) is 25.3 Å². The minimum absolute atomic E-state index is 0.202. The van der Waals surface area contributed by atoms with E-state index in [2.05, 4.69) is 40.8 Å². The van der Waals surface area contributed by atoms with Gasteiger partial charge in [0.15, 0.2) is 0 Å². The van der Waals surface area contributed by atoms with Gasteiger partial charge in [-0.1, -0.05) is 23.8 Å². The van der Waals surface area contributed by atoms with E-state index in [9.17, 15) is 8.42 Å². The molecule has 6 heteroatoms. The van der Waals surface area contributed by atoms with Gasteiger partial charge in [0.25, 0.3) is 0 Å². The summed E-state index contributed by atoms with van der Waals surface area (Å²) >= 11 is 0. The molecule has 1 atom stereocenters. The van der Waals surface area contributed by atoms with Gasteiger partial charge in [-0.25, -0.2) is 13.1 Å². The number of benzene rings is 2. The highest BCUT2D eigenvalue weighted by Crippen LogP contribution is 2.26. The van der Waals surface area contributed by atoms with Crippen LogP contribution in [-0.2, 0) is 10.0 Å². The Labute approximate surface area is 156 Å². The summed E-state index contributed by atoms with van der Waals surface area (Å²) in [5, 5.41) is 0. The third-order valence-electron chi connectivity index (χ3n) is 4.86. The number of rotatable bonds is 6. The number of hydrogen-bond acceptors (Lipinski definition) is 4. The highest BCUT2D eigenvalue weighted by molar-refractivity contribution is 7.89. The molecule has 0 bridgehead atoms. The quantitative estimate of drug-likeness (QED) is 0.844. The van der Waals surface area contributed by atoms with E-state index in [0.29, 0.717) is 18.2 Å². The summed E-state index contributed by atoms with van der Waals surface area (Å²) in [7, 11) is -2.11. The molecule has 0 radical (unpaired) electrons. The molecule has 0 amide bonds. The van der Waals surface area contributed by atoms with E-state index in [1.807, 2.05) is 13.0 Å². The summed E-state index contributed by atoms with van der Waals surface area (Å²) in [4.78, 5) is 2.51. The predicted octanol–water partition coefficient (Wildman–Crippen LogP) is 3.12. The first-order valence-electron chi connectivity index (χ1n) is 8.85. The molecule has 1 heterocycles. The molecule has 1 aliphatic rings. The molecule has 2 aromatic carbocycles. The third kappa shape index (κ3) is 4.19. The van der Waals surface area contributed by atoms with Gasteiger partial charge >= 0.3 is 0 Å². The number of sulfonamides is 1. The summed E-state index contributed by atoms with van der Waals surface area (Å²) in [6.45, 7) is 6.18. The van der Waals surface area contributed by atoms with Gasteiger partial charge in [0.1, 0.15) is 10.6 Å². The van der Waals surface area contributed by atoms with Crippen LogP contribution in [0, 0.1) is 19.8 Å². The predicted molar refractivity (Wildman–Crippen MR) is 104 cm³/mol. The van der Waals surface area contributed by atoms with Crippen molar-refractivity contribution in [2.75, 3.05) is 31.6 Å². The average molecular weight is 375 g/mol. The summed E-state index contributed by atoms with van der Waals surface area (Å²) in [5.74, 6) is 0.665. The van der Waals surface area contributed by atoms with Crippen molar-refractivity contribution in [2.45, 2.75) is 25.2 Å². The van der Waals surface area contributed by atoms with Crippen LogP contribution in [0.2, 0.25) is 0 Å². The second-order valence-electron chi connectivity index (χ2n) is 6.94. The topological polar surface area (TPSA) is 58.6 Å². The van der Waals surface area contributed by atoms with Gasteiger partial charge < -0.3 is 9.64 Å². The van der Waals surface area contributed by atoms with Crippen LogP contribution in [0.5, 0.6) is 5.75 Å². The zero-order chi connectivity index (χ0) is 18.7. The molecule has 26 heavy (non-hydrogen) atoms. The molecule has 1 fully saturated rings. The maximum Gasteiger partial charge on any atom is 0.244 e. The molecular weight excluding hydrogens is 348 g/mol. The highest BCUT2D eigenvalue weighted by Gasteiger charge is 2.26. The number of aryl methyl sites for hydroxylation is 2. The number of ether oxygens (including phenoxy) is 1. The lowest BCUT2D eigenvalue weighted by Crippen LogP contribution is -2.31. The van der Waals surface area contributed by atoms with Gasteiger partial charge in [0.2, 0.25) is 10.0 Å². The van der Waals surface area contributed by atoms with E-state index in [1.54, 1.807) is 12.1 Å². The second-order valence-corrected chi connectivity index (χ2v) is 8.68. The van der Waals surface area contributed by atoms with E-state index in [-0.39, 0.29) is 4.90 Å². The minimum Gasteiger partial charge on any atom is -0.495 e. The van der Waals surface area contributed by atoms with Crippen molar-refractivity contribution in [3.8, 4) is 5.75 Å². The molecule has 140 valence electrons. The molecule has 0 saturated carbocycles. The molecule has 0 aromatic heterocycles. The van der Waals surface area contributed by atoms with E-state index in [0.717, 1.165) is 25.1 Å². The molecule has 0 spiro atoms. The Morgan fingerprint density at radius 2 is 1.81 bits per heavy atom. The van der Waals surface area contributed by atoms with Crippen molar-refractivity contribution < 1.29 is 13.2 Å². The van der Waals surface area contributed by atoms with Gasteiger partial charge in [-0.15, -0.1) is 0 Å². The van der Waals surface area contributed by atoms with E-state index in [4.69, 9.17) is 4.74 Å². The van der Waals surface area contributed by atoms with Crippen molar-refractivity contribution in [3.05, 3.63) is 53.6 Å². The maximum absolute atomic E-state index is 12.7. The Kier molecular flexibility index (Phi) is 5.53. The van der Waals surface area contributed by atoms with Crippen LogP contribution in [0.25, 0.3) is 0 Å². The minimum atomic E-state index is -3.59. The van der Waals surface area contributed by atoms with Crippen molar-refractivity contribution in [2.24, 2.45) is 5.92 Å². The summed E-state index contributed by atoms with van der Waals surface area (Å²) < 4.78 is 33.4. The smallest absolute Gasteiger partial charge is 0.244 e. The van der Waals surface area contributed by atoms with Gasteiger partial charge in [0.05, 0.1) is 7.11 Å². The number of nitrogens with zero attached hydrogens (tertiary/aromatic N) is 1. The van der Waals surface area contributed by atoms with Crippen molar-refractivity contribution >= 4 is 15.7 Å². The normalized spacial score (nSPS) is 17.5. The second kappa shape index (κ2) is 7.68. The molecule has 1 unspecified atom stereocenters. The summed E-state index contributed by atoms with van der Waals surface area (Å²) in [6, 6.07) is 13.6. The fourth-order valence-electron chi connectivity index (χ4n) is 3.29. The average Bonchev–Trinajstić information content (AvgIpc) is 3.10. The molecule has 1 aliphatic heterocycles. The Balaban J connectivity index is 1.64. The van der Waals surface area contributed by atoms with Crippen LogP contribution < -0.4 is 14.4 Å². The molecule has 5 nitrogen and oxygen atoms in total. The lowest BCUT2D eigenvalue weighted by molar-refractivity contribution is 0.402.